The molecule has 4 nitrogen and oxygen atoms in total. The molecule has 0 atom stereocenters. The van der Waals surface area contributed by atoms with Gasteiger partial charge >= 0.3 is 0 Å². The van der Waals surface area contributed by atoms with E-state index in [0.29, 0.717) is 18.7 Å². The minimum Gasteiger partial charge on any atom is -0.349 e. The highest BCUT2D eigenvalue weighted by molar-refractivity contribution is 5.94. The monoisotopic (exact) mass is 234 g/mol. The van der Waals surface area contributed by atoms with Crippen molar-refractivity contribution in [1.82, 2.24) is 10.4 Å². The minimum atomic E-state index is -0.0265. The average Bonchev–Trinajstić information content (AvgIpc) is 2.33. The van der Waals surface area contributed by atoms with Crippen molar-refractivity contribution in [3.8, 4) is 0 Å². The summed E-state index contributed by atoms with van der Waals surface area (Å²) in [5.74, 6) is -0.0265. The Morgan fingerprint density at radius 1 is 1.29 bits per heavy atom. The summed E-state index contributed by atoms with van der Waals surface area (Å²) in [6.45, 7) is 3.25. The molecule has 1 aliphatic rings. The highest BCUT2D eigenvalue weighted by atomic mass is 16.5. The molecular formula is C13H18N2O2. The molecule has 1 amide bonds. The van der Waals surface area contributed by atoms with Crippen molar-refractivity contribution in [2.45, 2.75) is 25.8 Å². The van der Waals surface area contributed by atoms with Gasteiger partial charge in [-0.3, -0.25) is 4.79 Å². The molecule has 0 aromatic heterocycles. The Kier molecular flexibility index (Phi) is 3.76. The summed E-state index contributed by atoms with van der Waals surface area (Å²) in [6.07, 6.45) is 1.60. The molecule has 0 unspecified atom stereocenters. The van der Waals surface area contributed by atoms with Crippen molar-refractivity contribution < 1.29 is 10.0 Å². The van der Waals surface area contributed by atoms with Crippen LogP contribution >= 0.6 is 0 Å². The molecule has 0 spiro atoms. The lowest BCUT2D eigenvalue weighted by atomic mass is 10.1. The van der Waals surface area contributed by atoms with Crippen LogP contribution in [0.4, 0.5) is 0 Å². The van der Waals surface area contributed by atoms with E-state index < -0.39 is 0 Å². The van der Waals surface area contributed by atoms with E-state index in [2.05, 4.69) is 5.32 Å². The van der Waals surface area contributed by atoms with E-state index in [1.54, 1.807) is 0 Å². The van der Waals surface area contributed by atoms with E-state index in [-0.39, 0.29) is 11.9 Å². The summed E-state index contributed by atoms with van der Waals surface area (Å²) in [4.78, 5) is 11.9. The van der Waals surface area contributed by atoms with E-state index in [1.165, 1.54) is 5.06 Å². The van der Waals surface area contributed by atoms with Gasteiger partial charge in [0.1, 0.15) is 0 Å². The highest BCUT2D eigenvalue weighted by Gasteiger charge is 2.19. The standard InChI is InChI=1S/C13H18N2O2/c1-10-2-4-11(5-3-10)13(16)14-12-6-8-15(17)9-7-12/h2-5,12,17H,6-9H2,1H3,(H,14,16). The third kappa shape index (κ3) is 3.28. The lowest BCUT2D eigenvalue weighted by molar-refractivity contribution is -0.107. The van der Waals surface area contributed by atoms with E-state index in [0.717, 1.165) is 18.4 Å². The predicted octanol–water partition coefficient (Wildman–Crippen LogP) is 1.58. The molecule has 2 rings (SSSR count). The second-order valence-electron chi connectivity index (χ2n) is 4.57. The van der Waals surface area contributed by atoms with Gasteiger partial charge in [-0.05, 0) is 31.9 Å². The molecule has 1 aromatic rings. The van der Waals surface area contributed by atoms with Gasteiger partial charge in [-0.25, -0.2) is 0 Å². The number of hydrogen-bond donors (Lipinski definition) is 2. The molecule has 92 valence electrons. The van der Waals surface area contributed by atoms with Gasteiger partial charge in [0.15, 0.2) is 0 Å². The van der Waals surface area contributed by atoms with Crippen LogP contribution in [0.3, 0.4) is 0 Å². The Balaban J connectivity index is 1.91. The topological polar surface area (TPSA) is 52.6 Å². The van der Waals surface area contributed by atoms with E-state index in [4.69, 9.17) is 0 Å². The molecule has 1 aromatic carbocycles. The van der Waals surface area contributed by atoms with Gasteiger partial charge < -0.3 is 10.5 Å². The molecule has 1 aliphatic heterocycles. The second kappa shape index (κ2) is 5.29. The van der Waals surface area contributed by atoms with Gasteiger partial charge in [0.25, 0.3) is 5.91 Å². The quantitative estimate of drug-likeness (QED) is 0.817. The summed E-state index contributed by atoms with van der Waals surface area (Å²) in [6, 6.07) is 7.72. The smallest absolute Gasteiger partial charge is 0.251 e. The zero-order chi connectivity index (χ0) is 12.3. The van der Waals surface area contributed by atoms with Gasteiger partial charge in [-0.1, -0.05) is 17.7 Å². The fraction of sp³-hybridized carbons (Fsp3) is 0.462. The number of amides is 1. The van der Waals surface area contributed by atoms with Gasteiger partial charge in [0.2, 0.25) is 0 Å². The third-order valence-electron chi connectivity index (χ3n) is 3.12. The normalized spacial score (nSPS) is 18.0. The zero-order valence-electron chi connectivity index (χ0n) is 10.0. The van der Waals surface area contributed by atoms with Crippen LogP contribution in [-0.2, 0) is 0 Å². The Morgan fingerprint density at radius 2 is 1.88 bits per heavy atom. The van der Waals surface area contributed by atoms with Crippen LogP contribution < -0.4 is 5.32 Å². The van der Waals surface area contributed by atoms with Crippen LogP contribution in [0, 0.1) is 6.92 Å². The van der Waals surface area contributed by atoms with Crippen molar-refractivity contribution in [2.75, 3.05) is 13.1 Å². The van der Waals surface area contributed by atoms with Gasteiger partial charge in [-0.15, -0.1) is 0 Å². The maximum absolute atomic E-state index is 11.9. The molecule has 1 fully saturated rings. The maximum Gasteiger partial charge on any atom is 0.251 e. The summed E-state index contributed by atoms with van der Waals surface area (Å²) in [7, 11) is 0. The first kappa shape index (κ1) is 12.1. The molecule has 2 N–H and O–H groups in total. The zero-order valence-corrected chi connectivity index (χ0v) is 10.0. The summed E-state index contributed by atoms with van der Waals surface area (Å²) >= 11 is 0. The number of benzene rings is 1. The van der Waals surface area contributed by atoms with Crippen LogP contribution in [0.5, 0.6) is 0 Å². The van der Waals surface area contributed by atoms with Crippen LogP contribution in [0.1, 0.15) is 28.8 Å². The highest BCUT2D eigenvalue weighted by Crippen LogP contribution is 2.10. The van der Waals surface area contributed by atoms with Crippen molar-refractivity contribution in [3.05, 3.63) is 35.4 Å². The Bertz CT molecular complexity index is 381. The van der Waals surface area contributed by atoms with E-state index >= 15 is 0 Å². The number of carbonyl (C=O) groups excluding carboxylic acids is 1. The van der Waals surface area contributed by atoms with Crippen LogP contribution in [-0.4, -0.2) is 35.3 Å². The largest absolute Gasteiger partial charge is 0.349 e. The van der Waals surface area contributed by atoms with E-state index in [1.807, 2.05) is 31.2 Å². The van der Waals surface area contributed by atoms with Crippen molar-refractivity contribution >= 4 is 5.91 Å². The van der Waals surface area contributed by atoms with Crippen LogP contribution in [0.25, 0.3) is 0 Å². The molecule has 0 radical (unpaired) electrons. The fourth-order valence-electron chi connectivity index (χ4n) is 1.98. The van der Waals surface area contributed by atoms with Crippen molar-refractivity contribution in [2.24, 2.45) is 0 Å². The lowest BCUT2D eigenvalue weighted by Gasteiger charge is -2.28. The number of aryl methyl sites for hydroxylation is 1. The van der Waals surface area contributed by atoms with E-state index in [9.17, 15) is 10.0 Å². The number of hydrogen-bond acceptors (Lipinski definition) is 3. The second-order valence-corrected chi connectivity index (χ2v) is 4.57. The molecule has 0 saturated carbocycles. The molecule has 17 heavy (non-hydrogen) atoms. The van der Waals surface area contributed by atoms with Crippen molar-refractivity contribution in [1.29, 1.82) is 0 Å². The Hall–Kier alpha value is -1.39. The summed E-state index contributed by atoms with van der Waals surface area (Å²) < 4.78 is 0. The number of piperidine rings is 1. The molecule has 1 saturated heterocycles. The van der Waals surface area contributed by atoms with Gasteiger partial charge in [0.05, 0.1) is 0 Å². The lowest BCUT2D eigenvalue weighted by Crippen LogP contribution is -2.43. The summed E-state index contributed by atoms with van der Waals surface area (Å²) in [5, 5.41) is 13.5. The van der Waals surface area contributed by atoms with Gasteiger partial charge in [0, 0.05) is 24.7 Å². The number of nitrogens with zero attached hydrogens (tertiary/aromatic N) is 1. The van der Waals surface area contributed by atoms with Gasteiger partial charge in [-0.2, -0.15) is 5.06 Å². The molecule has 0 bridgehead atoms. The summed E-state index contributed by atoms with van der Waals surface area (Å²) in [5.41, 5.74) is 1.84. The third-order valence-corrected chi connectivity index (χ3v) is 3.12. The number of nitrogens with one attached hydrogen (secondary N) is 1. The number of hydroxylamine groups is 2. The average molecular weight is 234 g/mol. The first-order valence-corrected chi connectivity index (χ1v) is 5.96. The van der Waals surface area contributed by atoms with Crippen LogP contribution in [0.2, 0.25) is 0 Å². The Labute approximate surface area is 101 Å². The first-order valence-electron chi connectivity index (χ1n) is 5.96. The molecule has 4 heteroatoms. The fourth-order valence-corrected chi connectivity index (χ4v) is 1.98. The van der Waals surface area contributed by atoms with Crippen molar-refractivity contribution in [3.63, 3.8) is 0 Å². The van der Waals surface area contributed by atoms with Crippen LogP contribution in [0.15, 0.2) is 24.3 Å². The predicted molar refractivity (Wildman–Crippen MR) is 65.0 cm³/mol. The molecule has 0 aliphatic carbocycles. The molecular weight excluding hydrogens is 216 g/mol. The maximum atomic E-state index is 11.9. The SMILES string of the molecule is Cc1ccc(C(=O)NC2CCN(O)CC2)cc1. The number of carbonyl (C=O) groups is 1. The minimum absolute atomic E-state index is 0.0265. The molecule has 1 heterocycles. The first-order chi connectivity index (χ1) is 8.15. The Morgan fingerprint density at radius 3 is 2.47 bits per heavy atom. The number of rotatable bonds is 2.